The van der Waals surface area contributed by atoms with Crippen LogP contribution in [0.25, 0.3) is 0 Å². The number of benzene rings is 1. The van der Waals surface area contributed by atoms with Crippen molar-refractivity contribution >= 4 is 26.7 Å². The Kier molecular flexibility index (Phi) is 2.90. The van der Waals surface area contributed by atoms with Gasteiger partial charge < -0.3 is 0 Å². The second-order valence-electron chi connectivity index (χ2n) is 1.93. The fraction of sp³-hybridized carbons (Fsp3) is 0. The van der Waals surface area contributed by atoms with E-state index in [2.05, 4.69) is 0 Å². The van der Waals surface area contributed by atoms with E-state index in [0.29, 0.717) is 0 Å². The number of hydrogen-bond acceptors (Lipinski definition) is 2. The molecule has 0 saturated carbocycles. The van der Waals surface area contributed by atoms with Crippen molar-refractivity contribution in [3.63, 3.8) is 0 Å². The minimum absolute atomic E-state index is 0.173. The molecule has 1 aromatic carbocycles. The van der Waals surface area contributed by atoms with Gasteiger partial charge in [0.25, 0.3) is 0 Å². The second kappa shape index (κ2) is 3.74. The van der Waals surface area contributed by atoms with Gasteiger partial charge in [0.2, 0.25) is 0 Å². The number of nitro benzene ring substituents is 1. The third-order valence-electron chi connectivity index (χ3n) is 1.18. The van der Waals surface area contributed by atoms with E-state index >= 15 is 0 Å². The fourth-order valence-corrected chi connectivity index (χ4v) is 1.71. The number of non-ortho nitro benzene ring substituents is 1. The van der Waals surface area contributed by atoms with Gasteiger partial charge in [-0.15, -0.1) is 0 Å². The SMILES string of the molecule is O=[N+]([O-])c1cccc(I(F)F)c1. The molecule has 0 aliphatic carbocycles. The first-order valence-corrected chi connectivity index (χ1v) is 5.59. The Balaban J connectivity index is 3.04. The van der Waals surface area contributed by atoms with E-state index in [9.17, 15) is 15.8 Å². The van der Waals surface area contributed by atoms with Gasteiger partial charge in [-0.1, -0.05) is 0 Å². The molecule has 0 bridgehead atoms. The van der Waals surface area contributed by atoms with Gasteiger partial charge in [0.05, 0.1) is 0 Å². The molecule has 0 fully saturated rings. The molecule has 66 valence electrons. The molecule has 0 heterocycles. The molecule has 0 radical (unpaired) electrons. The van der Waals surface area contributed by atoms with Gasteiger partial charge in [-0.25, -0.2) is 0 Å². The summed E-state index contributed by atoms with van der Waals surface area (Å²) >= 11 is -4.06. The Hall–Kier alpha value is -0.790. The van der Waals surface area contributed by atoms with Crippen molar-refractivity contribution in [2.75, 3.05) is 0 Å². The number of nitro groups is 1. The predicted molar refractivity (Wildman–Crippen MR) is 48.0 cm³/mol. The van der Waals surface area contributed by atoms with Crippen LogP contribution in [0.5, 0.6) is 0 Å². The van der Waals surface area contributed by atoms with Crippen LogP contribution in [0.2, 0.25) is 0 Å². The van der Waals surface area contributed by atoms with Gasteiger partial charge in [0, 0.05) is 0 Å². The molecule has 0 saturated heterocycles. The van der Waals surface area contributed by atoms with Crippen LogP contribution in [0.1, 0.15) is 0 Å². The van der Waals surface area contributed by atoms with Crippen LogP contribution in [-0.2, 0) is 0 Å². The van der Waals surface area contributed by atoms with Crippen molar-refractivity contribution in [1.82, 2.24) is 0 Å². The van der Waals surface area contributed by atoms with Crippen LogP contribution >= 0.6 is 21.0 Å². The first-order valence-electron chi connectivity index (χ1n) is 2.88. The normalized spacial score (nSPS) is 11.0. The van der Waals surface area contributed by atoms with Gasteiger partial charge in [0.15, 0.2) is 0 Å². The summed E-state index contributed by atoms with van der Waals surface area (Å²) in [6, 6.07) is 4.63. The zero-order chi connectivity index (χ0) is 9.14. The summed E-state index contributed by atoms with van der Waals surface area (Å²) in [7, 11) is 0. The van der Waals surface area contributed by atoms with Crippen LogP contribution in [0, 0.1) is 13.7 Å². The summed E-state index contributed by atoms with van der Waals surface area (Å²) < 4.78 is 24.1. The monoisotopic (exact) mass is 287 g/mol. The Bertz CT molecular complexity index is 305. The zero-order valence-electron chi connectivity index (χ0n) is 5.71. The molecular formula is C6H4F2INO2. The topological polar surface area (TPSA) is 43.1 Å². The van der Waals surface area contributed by atoms with E-state index in [-0.39, 0.29) is 9.26 Å². The molecule has 0 atom stereocenters. The quantitative estimate of drug-likeness (QED) is 0.476. The van der Waals surface area contributed by atoms with Crippen LogP contribution in [0.3, 0.4) is 0 Å². The molecular weight excluding hydrogens is 283 g/mol. The van der Waals surface area contributed by atoms with E-state index in [0.717, 1.165) is 6.07 Å². The minimum atomic E-state index is -4.06. The van der Waals surface area contributed by atoms with Crippen LogP contribution in [-0.4, -0.2) is 4.92 Å². The summed E-state index contributed by atoms with van der Waals surface area (Å²) in [6.45, 7) is 0. The summed E-state index contributed by atoms with van der Waals surface area (Å²) in [6.07, 6.45) is 0. The van der Waals surface area contributed by atoms with Crippen LogP contribution in [0.4, 0.5) is 11.4 Å². The van der Waals surface area contributed by atoms with E-state index in [4.69, 9.17) is 0 Å². The molecule has 0 aliphatic heterocycles. The molecule has 0 unspecified atom stereocenters. The van der Waals surface area contributed by atoms with Gasteiger partial charge in [-0.2, -0.15) is 0 Å². The van der Waals surface area contributed by atoms with Gasteiger partial charge in [-0.3, -0.25) is 0 Å². The molecule has 12 heavy (non-hydrogen) atoms. The Labute approximate surface area is 75.5 Å². The molecule has 1 rings (SSSR count). The number of rotatable bonds is 2. The van der Waals surface area contributed by atoms with E-state index in [1.165, 1.54) is 18.2 Å². The average Bonchev–Trinajstić information content (AvgIpc) is 2.04. The standard InChI is InChI=1S/C6H4F2INO2/c7-9(8)5-2-1-3-6(4-5)10(11)12/h1-4H. The molecule has 0 spiro atoms. The molecule has 1 aromatic rings. The number of nitrogens with zero attached hydrogens (tertiary/aromatic N) is 1. The fourth-order valence-electron chi connectivity index (χ4n) is 0.679. The van der Waals surface area contributed by atoms with E-state index < -0.39 is 25.9 Å². The summed E-state index contributed by atoms with van der Waals surface area (Å²) in [5.41, 5.74) is -0.273. The third-order valence-corrected chi connectivity index (χ3v) is 2.80. The maximum absolute atomic E-state index is 12.1. The molecule has 6 heteroatoms. The van der Waals surface area contributed by atoms with Crippen molar-refractivity contribution in [1.29, 1.82) is 0 Å². The molecule has 0 aromatic heterocycles. The Morgan fingerprint density at radius 3 is 2.58 bits per heavy atom. The Morgan fingerprint density at radius 2 is 2.08 bits per heavy atom. The second-order valence-corrected chi connectivity index (χ2v) is 4.30. The number of halogens is 3. The van der Waals surface area contributed by atoms with Gasteiger partial charge in [-0.05, 0) is 0 Å². The van der Waals surface area contributed by atoms with Crippen molar-refractivity contribution in [2.24, 2.45) is 0 Å². The van der Waals surface area contributed by atoms with Crippen molar-refractivity contribution in [3.05, 3.63) is 37.9 Å². The summed E-state index contributed by atoms with van der Waals surface area (Å²) in [5.74, 6) is 0. The first-order chi connectivity index (χ1) is 5.61. The van der Waals surface area contributed by atoms with E-state index in [1.807, 2.05) is 0 Å². The molecule has 3 nitrogen and oxygen atoms in total. The van der Waals surface area contributed by atoms with Crippen molar-refractivity contribution < 1.29 is 10.6 Å². The van der Waals surface area contributed by atoms with Crippen molar-refractivity contribution in [2.45, 2.75) is 0 Å². The third kappa shape index (κ3) is 2.10. The molecule has 0 N–H and O–H groups in total. The maximum atomic E-state index is 12.1. The summed E-state index contributed by atoms with van der Waals surface area (Å²) in [4.78, 5) is 9.48. The zero-order valence-corrected chi connectivity index (χ0v) is 7.86. The average molecular weight is 287 g/mol. The predicted octanol–water partition coefficient (Wildman–Crippen LogP) is 3.04. The van der Waals surface area contributed by atoms with Crippen LogP contribution < -0.4 is 0 Å². The van der Waals surface area contributed by atoms with Crippen LogP contribution in [0.15, 0.2) is 24.3 Å². The first kappa shape index (κ1) is 9.30. The molecule has 0 amide bonds. The summed E-state index contributed by atoms with van der Waals surface area (Å²) in [5, 5.41) is 10.2. The van der Waals surface area contributed by atoms with E-state index in [1.54, 1.807) is 0 Å². The number of hydrogen-bond donors (Lipinski definition) is 0. The van der Waals surface area contributed by atoms with Gasteiger partial charge >= 0.3 is 75.2 Å². The Morgan fingerprint density at radius 1 is 1.42 bits per heavy atom. The van der Waals surface area contributed by atoms with Crippen molar-refractivity contribution in [3.8, 4) is 0 Å². The van der Waals surface area contributed by atoms with Gasteiger partial charge in [0.1, 0.15) is 0 Å². The molecule has 0 aliphatic rings.